The zero-order chi connectivity index (χ0) is 37.7. The van der Waals surface area contributed by atoms with E-state index in [0.717, 1.165) is 6.42 Å². The molecule has 2 heteroatoms. The molecule has 54 heavy (non-hydrogen) atoms. The number of fused-ring (bicyclic) bond motifs is 2. The van der Waals surface area contributed by atoms with Gasteiger partial charge in [0, 0.05) is 5.30 Å². The molecule has 0 spiro atoms. The van der Waals surface area contributed by atoms with Gasteiger partial charge in [0.15, 0.2) is 0 Å². The molecule has 0 aliphatic heterocycles. The van der Waals surface area contributed by atoms with Crippen LogP contribution in [0.2, 0.25) is 0 Å². The lowest BCUT2D eigenvalue weighted by Crippen LogP contribution is -2.38. The van der Waals surface area contributed by atoms with Crippen molar-refractivity contribution in [2.45, 2.75) is 107 Å². The molecule has 6 aromatic rings. The number of hydrogen-bond acceptors (Lipinski definition) is 0. The second-order valence-corrected chi connectivity index (χ2v) is 21.0. The van der Waals surface area contributed by atoms with Gasteiger partial charge < -0.3 is 0 Å². The third-order valence-corrected chi connectivity index (χ3v) is 16.6. The van der Waals surface area contributed by atoms with E-state index >= 15 is 0 Å². The molecule has 0 heterocycles. The molecule has 0 saturated carbocycles. The van der Waals surface area contributed by atoms with E-state index in [1.54, 1.807) is 38.4 Å². The smallest absolute Gasteiger partial charge is 0.00141 e. The first-order chi connectivity index (χ1) is 26.0. The van der Waals surface area contributed by atoms with Crippen LogP contribution in [0.3, 0.4) is 0 Å². The Morgan fingerprint density at radius 3 is 1.22 bits per heavy atom. The minimum atomic E-state index is -0.932. The Balaban J connectivity index is 1.60. The van der Waals surface area contributed by atoms with Gasteiger partial charge in [-0.2, -0.15) is 0 Å². The summed E-state index contributed by atoms with van der Waals surface area (Å²) in [5, 5.41) is 9.10. The summed E-state index contributed by atoms with van der Waals surface area (Å²) in [6, 6.07) is 39.7. The standard InChI is InChI=1S/C52H56P2/c1-33-20-34(2)25-43(24-33)53(44-26-35(3)21-36(4)27-44)50-32-42-15-10-12-18-48(42)51(49-19-13-16-41-14-9-11-17-47(41)49)52(50)54(45-28-37(5)22-38(6)29-45)46-30-39(7)23-40(8)31-46/h13,16,19-32H,9-12,14-15,17-18H2,1-8H3. The summed E-state index contributed by atoms with van der Waals surface area (Å²) in [4.78, 5) is 0. The second kappa shape index (κ2) is 15.4. The molecular weight excluding hydrogens is 687 g/mol. The maximum atomic E-state index is 2.75. The lowest BCUT2D eigenvalue weighted by Gasteiger charge is -2.35. The Morgan fingerprint density at radius 2 is 0.759 bits per heavy atom. The summed E-state index contributed by atoms with van der Waals surface area (Å²) in [5.74, 6) is 0. The van der Waals surface area contributed by atoms with Gasteiger partial charge in [0.1, 0.15) is 0 Å². The number of aryl methyl sites for hydroxylation is 10. The minimum Gasteiger partial charge on any atom is -0.0614 e. The van der Waals surface area contributed by atoms with Crippen molar-refractivity contribution in [1.29, 1.82) is 0 Å². The predicted molar refractivity (Wildman–Crippen MR) is 240 cm³/mol. The first kappa shape index (κ1) is 37.1. The Bertz CT molecular complexity index is 2210. The van der Waals surface area contributed by atoms with Crippen molar-refractivity contribution >= 4 is 47.7 Å². The first-order valence-electron chi connectivity index (χ1n) is 20.3. The molecule has 0 saturated heterocycles. The first-order valence-corrected chi connectivity index (χ1v) is 22.9. The van der Waals surface area contributed by atoms with Gasteiger partial charge in [-0.15, -0.1) is 0 Å². The van der Waals surface area contributed by atoms with Crippen molar-refractivity contribution in [3.8, 4) is 11.1 Å². The third-order valence-electron chi connectivity index (χ3n) is 11.6. The van der Waals surface area contributed by atoms with Gasteiger partial charge in [0.05, 0.1) is 0 Å². The minimum absolute atomic E-state index is 0.892. The van der Waals surface area contributed by atoms with Crippen LogP contribution in [0.1, 0.15) is 92.4 Å². The highest BCUT2D eigenvalue weighted by Crippen LogP contribution is 2.47. The molecule has 6 aromatic carbocycles. The summed E-state index contributed by atoms with van der Waals surface area (Å²) in [6.07, 6.45) is 9.81. The predicted octanol–water partition coefficient (Wildman–Crippen LogP) is 11.1. The highest BCUT2D eigenvalue weighted by Gasteiger charge is 2.34. The fourth-order valence-corrected chi connectivity index (χ4v) is 16.0. The van der Waals surface area contributed by atoms with Crippen LogP contribution in [0.25, 0.3) is 11.1 Å². The zero-order valence-electron chi connectivity index (χ0n) is 33.8. The third kappa shape index (κ3) is 7.43. The quantitative estimate of drug-likeness (QED) is 0.143. The van der Waals surface area contributed by atoms with Crippen LogP contribution in [-0.4, -0.2) is 0 Å². The molecule has 0 radical (unpaired) electrons. The van der Waals surface area contributed by atoms with Gasteiger partial charge in [-0.1, -0.05) is 136 Å². The van der Waals surface area contributed by atoms with Crippen LogP contribution in [0.5, 0.6) is 0 Å². The van der Waals surface area contributed by atoms with Crippen molar-refractivity contribution in [3.05, 3.63) is 164 Å². The Hall–Kier alpha value is -3.82. The molecule has 0 unspecified atom stereocenters. The maximum Gasteiger partial charge on any atom is 0.00141 e. The van der Waals surface area contributed by atoms with Crippen molar-refractivity contribution < 1.29 is 0 Å². The molecule has 8 rings (SSSR count). The summed E-state index contributed by atoms with van der Waals surface area (Å²) in [7, 11) is -1.82. The van der Waals surface area contributed by atoms with Crippen LogP contribution in [0, 0.1) is 55.4 Å². The van der Waals surface area contributed by atoms with Gasteiger partial charge in [-0.05, 0) is 189 Å². The Labute approximate surface area is 328 Å². The van der Waals surface area contributed by atoms with Crippen molar-refractivity contribution in [2.75, 3.05) is 0 Å². The summed E-state index contributed by atoms with van der Waals surface area (Å²) >= 11 is 0. The van der Waals surface area contributed by atoms with Crippen molar-refractivity contribution in [3.63, 3.8) is 0 Å². The lowest BCUT2D eigenvalue weighted by atomic mass is 9.81. The van der Waals surface area contributed by atoms with Crippen LogP contribution in [0.4, 0.5) is 0 Å². The van der Waals surface area contributed by atoms with Gasteiger partial charge in [-0.25, -0.2) is 0 Å². The van der Waals surface area contributed by atoms with Crippen molar-refractivity contribution in [2.24, 2.45) is 0 Å². The SMILES string of the molecule is Cc1cc(C)cc(P(c2cc(C)cc(C)c2)c2cc3c(c(-c4cccc5c4CCCC5)c2P(c2cc(C)cc(C)c2)c2cc(C)cc(C)c2)CCCC3)c1. The molecule has 0 bridgehead atoms. The molecule has 2 aliphatic carbocycles. The van der Waals surface area contributed by atoms with Crippen LogP contribution in [-0.2, 0) is 25.7 Å². The van der Waals surface area contributed by atoms with Gasteiger partial charge in [0.2, 0.25) is 0 Å². The van der Waals surface area contributed by atoms with E-state index in [0.29, 0.717) is 0 Å². The van der Waals surface area contributed by atoms with Gasteiger partial charge in [-0.3, -0.25) is 0 Å². The summed E-state index contributed by atoms with van der Waals surface area (Å²) < 4.78 is 0. The van der Waals surface area contributed by atoms with Crippen LogP contribution in [0.15, 0.2) is 97.1 Å². The summed E-state index contributed by atoms with van der Waals surface area (Å²) in [5.41, 5.74) is 20.4. The van der Waals surface area contributed by atoms with E-state index in [2.05, 4.69) is 152 Å². The highest BCUT2D eigenvalue weighted by atomic mass is 31.1. The normalized spacial score (nSPS) is 14.0. The molecule has 274 valence electrons. The molecule has 0 amide bonds. The number of benzene rings is 6. The average Bonchev–Trinajstić information content (AvgIpc) is 3.10. The highest BCUT2D eigenvalue weighted by molar-refractivity contribution is 7.85. The van der Waals surface area contributed by atoms with E-state index in [9.17, 15) is 0 Å². The molecule has 0 aromatic heterocycles. The number of hydrogen-bond donors (Lipinski definition) is 0. The van der Waals surface area contributed by atoms with E-state index in [-0.39, 0.29) is 0 Å². The van der Waals surface area contributed by atoms with E-state index in [1.807, 2.05) is 0 Å². The van der Waals surface area contributed by atoms with Crippen molar-refractivity contribution in [1.82, 2.24) is 0 Å². The van der Waals surface area contributed by atoms with E-state index in [4.69, 9.17) is 0 Å². The average molecular weight is 743 g/mol. The second-order valence-electron chi connectivity index (χ2n) is 16.7. The molecule has 0 atom stereocenters. The maximum absolute atomic E-state index is 2.75. The molecule has 0 nitrogen and oxygen atoms in total. The van der Waals surface area contributed by atoms with E-state index < -0.39 is 15.8 Å². The summed E-state index contributed by atoms with van der Waals surface area (Å²) in [6.45, 7) is 18.4. The fraction of sp³-hybridized carbons (Fsp3) is 0.308. The largest absolute Gasteiger partial charge is 0.0614 e. The Kier molecular flexibility index (Phi) is 10.6. The molecular formula is C52H56P2. The van der Waals surface area contributed by atoms with Crippen LogP contribution < -0.4 is 31.8 Å². The van der Waals surface area contributed by atoms with Gasteiger partial charge >= 0.3 is 0 Å². The fourth-order valence-electron chi connectivity index (χ4n) is 9.73. The van der Waals surface area contributed by atoms with Crippen LogP contribution >= 0.6 is 15.8 Å². The van der Waals surface area contributed by atoms with Gasteiger partial charge in [0.25, 0.3) is 0 Å². The monoisotopic (exact) mass is 742 g/mol. The molecule has 0 fully saturated rings. The molecule has 0 N–H and O–H groups in total. The molecule has 2 aliphatic rings. The zero-order valence-corrected chi connectivity index (χ0v) is 35.6. The topological polar surface area (TPSA) is 0 Å². The number of rotatable bonds is 7. The lowest BCUT2D eigenvalue weighted by molar-refractivity contribution is 0.682. The Morgan fingerprint density at radius 1 is 0.370 bits per heavy atom. The van der Waals surface area contributed by atoms with E-state index in [1.165, 1.54) is 116 Å².